The predicted molar refractivity (Wildman–Crippen MR) is 111 cm³/mol. The van der Waals surface area contributed by atoms with Crippen molar-refractivity contribution < 1.29 is 4.74 Å². The van der Waals surface area contributed by atoms with Gasteiger partial charge in [0.1, 0.15) is 5.75 Å². The first-order chi connectivity index (χ1) is 13.3. The molecule has 2 fully saturated rings. The highest BCUT2D eigenvalue weighted by molar-refractivity contribution is 5.80. The molecular weight excluding hydrogens is 336 g/mol. The summed E-state index contributed by atoms with van der Waals surface area (Å²) in [5, 5.41) is 7.12. The van der Waals surface area contributed by atoms with Crippen molar-refractivity contribution in [3.63, 3.8) is 0 Å². The smallest absolute Gasteiger partial charge is 0.191 e. The van der Waals surface area contributed by atoms with Gasteiger partial charge in [-0.2, -0.15) is 0 Å². The Kier molecular flexibility index (Phi) is 6.17. The Morgan fingerprint density at radius 2 is 2.15 bits per heavy atom. The minimum absolute atomic E-state index is 0.523. The zero-order valence-corrected chi connectivity index (χ0v) is 16.7. The van der Waals surface area contributed by atoms with Crippen LogP contribution in [0.5, 0.6) is 5.75 Å². The molecule has 1 unspecified atom stereocenters. The Balaban J connectivity index is 1.18. The van der Waals surface area contributed by atoms with Crippen molar-refractivity contribution in [2.24, 2.45) is 10.9 Å². The van der Waals surface area contributed by atoms with E-state index in [1.807, 2.05) is 7.05 Å². The Bertz CT molecular complexity index is 654. The molecule has 2 heterocycles. The standard InChI is InChI=1S/C22H34N4O/c1-23-22(24-11-8-17-6-7-21-19(14-17)10-13-27-21)25-20-9-12-26(16-20)15-18-4-2-3-5-18/h6-7,14,18,20H,2-5,8-13,15-16H2,1H3,(H2,23,24,25). The van der Waals surface area contributed by atoms with Crippen molar-refractivity contribution in [1.82, 2.24) is 15.5 Å². The normalized spacial score (nSPS) is 23.4. The van der Waals surface area contributed by atoms with E-state index in [9.17, 15) is 0 Å². The van der Waals surface area contributed by atoms with Crippen LogP contribution in [0.2, 0.25) is 0 Å². The number of hydrogen-bond acceptors (Lipinski definition) is 3. The van der Waals surface area contributed by atoms with E-state index in [0.717, 1.165) is 50.2 Å². The monoisotopic (exact) mass is 370 g/mol. The Labute approximate surface area is 163 Å². The summed E-state index contributed by atoms with van der Waals surface area (Å²) >= 11 is 0. The summed E-state index contributed by atoms with van der Waals surface area (Å²) in [7, 11) is 1.87. The van der Waals surface area contributed by atoms with E-state index in [4.69, 9.17) is 4.74 Å². The van der Waals surface area contributed by atoms with Gasteiger partial charge in [-0.25, -0.2) is 0 Å². The molecule has 0 amide bonds. The first-order valence-electron chi connectivity index (χ1n) is 10.7. The highest BCUT2D eigenvalue weighted by Gasteiger charge is 2.26. The maximum Gasteiger partial charge on any atom is 0.191 e. The molecule has 0 bridgehead atoms. The summed E-state index contributed by atoms with van der Waals surface area (Å²) in [6.07, 6.45) is 9.02. The lowest BCUT2D eigenvalue weighted by Gasteiger charge is -2.21. The molecule has 0 radical (unpaired) electrons. The van der Waals surface area contributed by atoms with Crippen LogP contribution in [0, 0.1) is 5.92 Å². The second-order valence-electron chi connectivity index (χ2n) is 8.33. The first kappa shape index (κ1) is 18.6. The van der Waals surface area contributed by atoms with Crippen molar-refractivity contribution in [3.8, 4) is 5.75 Å². The quantitative estimate of drug-likeness (QED) is 0.597. The lowest BCUT2D eigenvalue weighted by atomic mass is 10.1. The molecule has 2 N–H and O–H groups in total. The number of rotatable bonds is 6. The first-order valence-corrected chi connectivity index (χ1v) is 10.7. The van der Waals surface area contributed by atoms with E-state index in [0.29, 0.717) is 6.04 Å². The average Bonchev–Trinajstić information content (AvgIpc) is 3.43. The average molecular weight is 371 g/mol. The number of hydrogen-bond donors (Lipinski definition) is 2. The highest BCUT2D eigenvalue weighted by Crippen LogP contribution is 2.27. The summed E-state index contributed by atoms with van der Waals surface area (Å²) in [6.45, 7) is 5.40. The van der Waals surface area contributed by atoms with Crippen molar-refractivity contribution in [2.45, 2.75) is 51.0 Å². The Morgan fingerprint density at radius 1 is 1.26 bits per heavy atom. The van der Waals surface area contributed by atoms with Gasteiger partial charge in [-0.3, -0.25) is 4.99 Å². The summed E-state index contributed by atoms with van der Waals surface area (Å²) in [6, 6.07) is 7.11. The van der Waals surface area contributed by atoms with Crippen LogP contribution < -0.4 is 15.4 Å². The second kappa shape index (κ2) is 8.96. The Hall–Kier alpha value is -1.75. The molecule has 1 aromatic rings. The van der Waals surface area contributed by atoms with Gasteiger partial charge in [-0.05, 0) is 48.8 Å². The molecule has 27 heavy (non-hydrogen) atoms. The van der Waals surface area contributed by atoms with E-state index in [2.05, 4.69) is 38.7 Å². The molecule has 3 aliphatic rings. The van der Waals surface area contributed by atoms with Crippen LogP contribution in [0.3, 0.4) is 0 Å². The molecule has 1 aliphatic carbocycles. The molecule has 0 spiro atoms. The van der Waals surface area contributed by atoms with Crippen molar-refractivity contribution >= 4 is 5.96 Å². The van der Waals surface area contributed by atoms with Gasteiger partial charge in [0.05, 0.1) is 6.61 Å². The molecular formula is C22H34N4O. The topological polar surface area (TPSA) is 48.9 Å². The fourth-order valence-corrected chi connectivity index (χ4v) is 4.78. The van der Waals surface area contributed by atoms with E-state index < -0.39 is 0 Å². The van der Waals surface area contributed by atoms with E-state index >= 15 is 0 Å². The summed E-state index contributed by atoms with van der Waals surface area (Å²) in [5.41, 5.74) is 2.72. The summed E-state index contributed by atoms with van der Waals surface area (Å²) in [5.74, 6) is 2.94. The van der Waals surface area contributed by atoms with Gasteiger partial charge in [-0.1, -0.05) is 25.0 Å². The van der Waals surface area contributed by atoms with Crippen LogP contribution in [0.4, 0.5) is 0 Å². The summed E-state index contributed by atoms with van der Waals surface area (Å²) in [4.78, 5) is 7.07. The van der Waals surface area contributed by atoms with Crippen molar-refractivity contribution in [3.05, 3.63) is 29.3 Å². The number of likely N-dealkylation sites (tertiary alicyclic amines) is 1. The molecule has 1 aromatic carbocycles. The van der Waals surface area contributed by atoms with Crippen LogP contribution in [0.1, 0.15) is 43.2 Å². The van der Waals surface area contributed by atoms with Gasteiger partial charge in [0.15, 0.2) is 5.96 Å². The zero-order valence-electron chi connectivity index (χ0n) is 16.7. The number of guanidine groups is 1. The molecule has 0 aromatic heterocycles. The largest absolute Gasteiger partial charge is 0.493 e. The highest BCUT2D eigenvalue weighted by atomic mass is 16.5. The van der Waals surface area contributed by atoms with Gasteiger partial charge < -0.3 is 20.3 Å². The minimum Gasteiger partial charge on any atom is -0.493 e. The van der Waals surface area contributed by atoms with Crippen LogP contribution in [0.25, 0.3) is 0 Å². The van der Waals surface area contributed by atoms with Gasteiger partial charge in [0.25, 0.3) is 0 Å². The molecule has 148 valence electrons. The fourth-order valence-electron chi connectivity index (χ4n) is 4.78. The number of nitrogens with zero attached hydrogens (tertiary/aromatic N) is 2. The Morgan fingerprint density at radius 3 is 3.00 bits per heavy atom. The maximum atomic E-state index is 5.59. The molecule has 1 saturated heterocycles. The third-order valence-corrected chi connectivity index (χ3v) is 6.29. The van der Waals surface area contributed by atoms with E-state index in [1.54, 1.807) is 0 Å². The van der Waals surface area contributed by atoms with Crippen LogP contribution in [-0.2, 0) is 12.8 Å². The molecule has 5 nitrogen and oxygen atoms in total. The third kappa shape index (κ3) is 4.95. The fraction of sp³-hybridized carbons (Fsp3) is 0.682. The lowest BCUT2D eigenvalue weighted by molar-refractivity contribution is 0.275. The van der Waals surface area contributed by atoms with Crippen LogP contribution in [0.15, 0.2) is 23.2 Å². The van der Waals surface area contributed by atoms with E-state index in [1.165, 1.54) is 56.3 Å². The van der Waals surface area contributed by atoms with Gasteiger partial charge in [0, 0.05) is 45.7 Å². The van der Waals surface area contributed by atoms with E-state index in [-0.39, 0.29) is 0 Å². The van der Waals surface area contributed by atoms with Gasteiger partial charge >= 0.3 is 0 Å². The predicted octanol–water partition coefficient (Wildman–Crippen LogP) is 2.59. The van der Waals surface area contributed by atoms with Gasteiger partial charge in [0.2, 0.25) is 0 Å². The van der Waals surface area contributed by atoms with Gasteiger partial charge in [-0.15, -0.1) is 0 Å². The second-order valence-corrected chi connectivity index (χ2v) is 8.33. The molecule has 1 saturated carbocycles. The molecule has 4 rings (SSSR count). The maximum absolute atomic E-state index is 5.59. The SMILES string of the molecule is CN=C(NCCc1ccc2c(c1)CCO2)NC1CCN(CC2CCCC2)C1. The summed E-state index contributed by atoms with van der Waals surface area (Å²) < 4.78 is 5.59. The molecule has 1 atom stereocenters. The number of fused-ring (bicyclic) bond motifs is 1. The minimum atomic E-state index is 0.523. The zero-order chi connectivity index (χ0) is 18.5. The third-order valence-electron chi connectivity index (χ3n) is 6.29. The van der Waals surface area contributed by atoms with Crippen LogP contribution in [-0.4, -0.2) is 56.7 Å². The number of aliphatic imine (C=N–C) groups is 1. The van der Waals surface area contributed by atoms with Crippen molar-refractivity contribution in [2.75, 3.05) is 39.8 Å². The number of ether oxygens (including phenoxy) is 1. The number of benzene rings is 1. The van der Waals surface area contributed by atoms with Crippen molar-refractivity contribution in [1.29, 1.82) is 0 Å². The number of nitrogens with one attached hydrogen (secondary N) is 2. The lowest BCUT2D eigenvalue weighted by Crippen LogP contribution is -2.45. The molecule has 2 aliphatic heterocycles. The van der Waals surface area contributed by atoms with Crippen LogP contribution >= 0.6 is 0 Å². The molecule has 5 heteroatoms.